The Kier molecular flexibility index (Phi) is 6.55. The molecule has 0 saturated carbocycles. The van der Waals surface area contributed by atoms with Crippen LogP contribution < -0.4 is 10.3 Å². The van der Waals surface area contributed by atoms with E-state index < -0.39 is 23.1 Å². The summed E-state index contributed by atoms with van der Waals surface area (Å²) in [5.74, 6) is -1.87. The Hall–Kier alpha value is -3.06. The number of carbonyl (C=O) groups excluding carboxylic acids is 1. The Morgan fingerprint density at radius 3 is 2.39 bits per heavy atom. The summed E-state index contributed by atoms with van der Waals surface area (Å²) < 4.78 is 46.1. The largest absolute Gasteiger partial charge is 0.495 e. The smallest absolute Gasteiger partial charge is 0.454 e. The molecule has 0 saturated heterocycles. The maximum Gasteiger partial charge on any atom is 0.454 e. The monoisotopic (exact) mass is 449 g/mol. The van der Waals surface area contributed by atoms with E-state index in [4.69, 9.17) is 16.3 Å². The van der Waals surface area contributed by atoms with Crippen molar-refractivity contribution < 1.29 is 22.7 Å². The fraction of sp³-hybridized carbons (Fsp3) is 0.217. The zero-order valence-electron chi connectivity index (χ0n) is 16.7. The normalized spacial score (nSPS) is 12.5. The third kappa shape index (κ3) is 4.99. The van der Waals surface area contributed by atoms with Gasteiger partial charge < -0.3 is 9.30 Å². The number of carbonyl (C=O) groups is 1. The van der Waals surface area contributed by atoms with Crippen molar-refractivity contribution in [2.45, 2.75) is 25.6 Å². The van der Waals surface area contributed by atoms with Crippen molar-refractivity contribution in [2.75, 3.05) is 7.11 Å². The van der Waals surface area contributed by atoms with E-state index in [2.05, 4.69) is 0 Å². The highest BCUT2D eigenvalue weighted by Gasteiger charge is 2.40. The summed E-state index contributed by atoms with van der Waals surface area (Å²) in [6.07, 6.45) is -3.07. The van der Waals surface area contributed by atoms with Crippen LogP contribution in [0.25, 0.3) is 11.1 Å². The first-order chi connectivity index (χ1) is 14.6. The van der Waals surface area contributed by atoms with Gasteiger partial charge in [0.25, 0.3) is 11.3 Å². The number of aromatic nitrogens is 1. The van der Waals surface area contributed by atoms with Crippen LogP contribution in [0.1, 0.15) is 28.9 Å². The minimum Gasteiger partial charge on any atom is -0.495 e. The predicted molar refractivity (Wildman–Crippen MR) is 113 cm³/mol. The zero-order chi connectivity index (χ0) is 22.8. The fourth-order valence-corrected chi connectivity index (χ4v) is 3.56. The van der Waals surface area contributed by atoms with E-state index in [1.54, 1.807) is 0 Å². The van der Waals surface area contributed by atoms with Gasteiger partial charge in [0.15, 0.2) is 0 Å². The molecule has 0 N–H and O–H groups in total. The minimum absolute atomic E-state index is 0.0609. The molecule has 0 bridgehead atoms. The van der Waals surface area contributed by atoms with Crippen LogP contribution >= 0.6 is 11.6 Å². The van der Waals surface area contributed by atoms with E-state index in [9.17, 15) is 22.8 Å². The van der Waals surface area contributed by atoms with Crippen molar-refractivity contribution in [3.63, 3.8) is 0 Å². The summed E-state index contributed by atoms with van der Waals surface area (Å²) in [5, 5.41) is 0.123. The molecule has 0 fully saturated rings. The molecule has 3 rings (SSSR count). The van der Waals surface area contributed by atoms with E-state index in [1.807, 2.05) is 37.3 Å². The van der Waals surface area contributed by atoms with Gasteiger partial charge in [0.05, 0.1) is 13.3 Å². The van der Waals surface area contributed by atoms with Gasteiger partial charge in [-0.15, -0.1) is 0 Å². The topological polar surface area (TPSA) is 48.3 Å². The maximum atomic E-state index is 13.1. The Bertz CT molecular complexity index is 1160. The molecule has 0 aliphatic heterocycles. The quantitative estimate of drug-likeness (QED) is 0.452. The van der Waals surface area contributed by atoms with Crippen molar-refractivity contribution in [3.8, 4) is 16.9 Å². The fourth-order valence-electron chi connectivity index (χ4n) is 3.39. The van der Waals surface area contributed by atoms with E-state index in [-0.39, 0.29) is 27.9 Å². The van der Waals surface area contributed by atoms with Crippen LogP contribution in [0.4, 0.5) is 13.2 Å². The number of ether oxygens (including phenoxy) is 1. The van der Waals surface area contributed by atoms with Gasteiger partial charge in [0.2, 0.25) is 0 Å². The van der Waals surface area contributed by atoms with Crippen LogP contribution in [-0.2, 0) is 6.42 Å². The first kappa shape index (κ1) is 22.6. The van der Waals surface area contributed by atoms with Crippen LogP contribution in [0.5, 0.6) is 5.75 Å². The van der Waals surface area contributed by atoms with Crippen LogP contribution in [0, 0.1) is 0 Å². The number of benzene rings is 2. The zero-order valence-corrected chi connectivity index (χ0v) is 17.5. The highest BCUT2D eigenvalue weighted by atomic mass is 35.5. The lowest BCUT2D eigenvalue weighted by atomic mass is 9.96. The molecule has 1 unspecified atom stereocenters. The molecule has 4 nitrogen and oxygen atoms in total. The molecule has 1 aromatic heterocycles. The number of alkyl halides is 3. The van der Waals surface area contributed by atoms with Crippen LogP contribution in [0.15, 0.2) is 65.6 Å². The average molecular weight is 450 g/mol. The van der Waals surface area contributed by atoms with Crippen molar-refractivity contribution >= 4 is 17.4 Å². The Morgan fingerprint density at radius 1 is 1.10 bits per heavy atom. The van der Waals surface area contributed by atoms with Crippen LogP contribution in [0.2, 0.25) is 5.02 Å². The second-order valence-electron chi connectivity index (χ2n) is 7.06. The first-order valence-electron chi connectivity index (χ1n) is 9.37. The van der Waals surface area contributed by atoms with E-state index in [0.29, 0.717) is 6.42 Å². The molecule has 0 aliphatic rings. The predicted octanol–water partition coefficient (Wildman–Crippen LogP) is 5.73. The number of rotatable bonds is 6. The lowest BCUT2D eigenvalue weighted by molar-refractivity contribution is -0.0884. The molecule has 1 atom stereocenters. The molecule has 2 aromatic carbocycles. The molecular weight excluding hydrogens is 431 g/mol. The number of ketones is 1. The van der Waals surface area contributed by atoms with Crippen molar-refractivity contribution in [1.82, 2.24) is 4.57 Å². The van der Waals surface area contributed by atoms with Crippen LogP contribution in [-0.4, -0.2) is 23.6 Å². The van der Waals surface area contributed by atoms with Gasteiger partial charge in [-0.2, -0.15) is 13.2 Å². The molecule has 31 heavy (non-hydrogen) atoms. The molecule has 0 spiro atoms. The third-order valence-electron chi connectivity index (χ3n) is 4.89. The number of hydrogen-bond donors (Lipinski definition) is 0. The van der Waals surface area contributed by atoms with Gasteiger partial charge in [-0.05, 0) is 42.7 Å². The van der Waals surface area contributed by atoms with Gasteiger partial charge in [-0.3, -0.25) is 9.59 Å². The molecule has 3 aromatic rings. The van der Waals surface area contributed by atoms with E-state index in [0.717, 1.165) is 11.6 Å². The highest BCUT2D eigenvalue weighted by molar-refractivity contribution is 6.31. The summed E-state index contributed by atoms with van der Waals surface area (Å²) in [7, 11) is 1.34. The first-order valence-corrected chi connectivity index (χ1v) is 9.75. The second kappa shape index (κ2) is 8.98. The summed E-state index contributed by atoms with van der Waals surface area (Å²) in [4.78, 5) is 24.8. The number of pyridine rings is 1. The summed E-state index contributed by atoms with van der Waals surface area (Å²) in [6, 6.07) is 13.9. The van der Waals surface area contributed by atoms with E-state index >= 15 is 0 Å². The molecular formula is C23H19ClF3NO3. The van der Waals surface area contributed by atoms with Crippen molar-refractivity contribution in [3.05, 3.63) is 87.3 Å². The molecule has 0 aliphatic carbocycles. The summed E-state index contributed by atoms with van der Waals surface area (Å²) in [5.41, 5.74) is -0.0791. The lowest BCUT2D eigenvalue weighted by Crippen LogP contribution is -2.25. The average Bonchev–Trinajstić information content (AvgIpc) is 2.73. The van der Waals surface area contributed by atoms with Crippen molar-refractivity contribution in [2.24, 2.45) is 0 Å². The Labute approximate surface area is 181 Å². The van der Waals surface area contributed by atoms with Gasteiger partial charge in [-0.25, -0.2) is 0 Å². The SMILES string of the molecule is COc1cn(C(C)Cc2ccccc2)c(=O)cc1-c1cc(Cl)ccc1C(=O)C(F)(F)F. The number of Topliss-reactive ketones (excluding diaryl/α,β-unsaturated/α-hetero) is 1. The number of halogens is 4. The number of nitrogens with zero attached hydrogens (tertiary/aromatic N) is 1. The van der Waals surface area contributed by atoms with E-state index in [1.165, 1.54) is 36.1 Å². The molecule has 162 valence electrons. The molecule has 0 radical (unpaired) electrons. The van der Waals surface area contributed by atoms with Gasteiger partial charge >= 0.3 is 6.18 Å². The molecule has 8 heteroatoms. The number of hydrogen-bond acceptors (Lipinski definition) is 3. The van der Waals surface area contributed by atoms with Gasteiger partial charge in [0, 0.05) is 28.3 Å². The van der Waals surface area contributed by atoms with Gasteiger partial charge in [-0.1, -0.05) is 41.9 Å². The van der Waals surface area contributed by atoms with Crippen molar-refractivity contribution in [1.29, 1.82) is 0 Å². The second-order valence-corrected chi connectivity index (χ2v) is 7.49. The maximum absolute atomic E-state index is 13.1. The summed E-state index contributed by atoms with van der Waals surface area (Å²) >= 11 is 5.98. The van der Waals surface area contributed by atoms with Gasteiger partial charge in [0.1, 0.15) is 5.75 Å². The Balaban J connectivity index is 2.10. The molecule has 0 amide bonds. The number of methoxy groups -OCH3 is 1. The molecule has 1 heterocycles. The Morgan fingerprint density at radius 2 is 1.77 bits per heavy atom. The lowest BCUT2D eigenvalue weighted by Gasteiger charge is -2.19. The highest BCUT2D eigenvalue weighted by Crippen LogP contribution is 2.36. The summed E-state index contributed by atoms with van der Waals surface area (Å²) in [6.45, 7) is 1.85. The van der Waals surface area contributed by atoms with Crippen LogP contribution in [0.3, 0.4) is 0 Å². The third-order valence-corrected chi connectivity index (χ3v) is 5.12. The minimum atomic E-state index is -5.07. The standard InChI is InChI=1S/C23H19ClF3NO3/c1-14(10-15-6-4-3-5-7-15)28-13-20(31-2)19(12-21(28)29)18-11-16(24)8-9-17(18)22(30)23(25,26)27/h3-9,11-14H,10H2,1-2H3.